The molecule has 0 aliphatic rings. The van der Waals surface area contributed by atoms with Gasteiger partial charge in [-0.15, -0.1) is 0 Å². The molecule has 1 rings (SSSR count). The lowest BCUT2D eigenvalue weighted by Gasteiger charge is -2.22. The smallest absolute Gasteiger partial charge is 0.243 e. The molecule has 1 aromatic rings. The highest BCUT2D eigenvalue weighted by molar-refractivity contribution is 7.80. The van der Waals surface area contributed by atoms with Gasteiger partial charge in [-0.3, -0.25) is 4.79 Å². The van der Waals surface area contributed by atoms with E-state index in [-0.39, 0.29) is 12.5 Å². The van der Waals surface area contributed by atoms with E-state index in [1.54, 1.807) is 43.3 Å². The molecule has 0 aromatic heterocycles. The number of hydrogen-bond acceptors (Lipinski definition) is 3. The van der Waals surface area contributed by atoms with E-state index in [2.05, 4.69) is 10.6 Å². The molecular weight excluding hydrogens is 262 g/mol. The number of nitrogens with one attached hydrogen (secondary N) is 2. The van der Waals surface area contributed by atoms with Crippen LogP contribution in [0.4, 0.5) is 5.69 Å². The molecule has 0 saturated carbocycles. The van der Waals surface area contributed by atoms with Gasteiger partial charge in [0.05, 0.1) is 13.7 Å². The van der Waals surface area contributed by atoms with Crippen LogP contribution < -0.4 is 15.4 Å². The summed E-state index contributed by atoms with van der Waals surface area (Å²) in [6.07, 6.45) is 0. The number of carbonyl (C=O) groups is 1. The quantitative estimate of drug-likeness (QED) is 0.800. The summed E-state index contributed by atoms with van der Waals surface area (Å²) in [6, 6.07) is 7.18. The maximum Gasteiger partial charge on any atom is 0.243 e. The largest absolute Gasteiger partial charge is 0.497 e. The molecule has 19 heavy (non-hydrogen) atoms. The fourth-order valence-corrected chi connectivity index (χ4v) is 1.73. The van der Waals surface area contributed by atoms with Crippen LogP contribution in [0.1, 0.15) is 6.92 Å². The van der Waals surface area contributed by atoms with Crippen molar-refractivity contribution in [3.05, 3.63) is 24.3 Å². The van der Waals surface area contributed by atoms with Crippen LogP contribution in [0.15, 0.2) is 24.3 Å². The molecule has 104 valence electrons. The summed E-state index contributed by atoms with van der Waals surface area (Å²) < 4.78 is 5.06. The molecule has 0 aliphatic heterocycles. The van der Waals surface area contributed by atoms with E-state index in [1.165, 1.54) is 0 Å². The Labute approximate surface area is 118 Å². The molecule has 5 nitrogen and oxygen atoms in total. The molecule has 1 amide bonds. The zero-order valence-corrected chi connectivity index (χ0v) is 12.2. The third-order valence-corrected chi connectivity index (χ3v) is 3.05. The molecule has 2 N–H and O–H groups in total. The van der Waals surface area contributed by atoms with Crippen molar-refractivity contribution in [2.24, 2.45) is 0 Å². The second-order valence-corrected chi connectivity index (χ2v) is 4.23. The van der Waals surface area contributed by atoms with Gasteiger partial charge in [0.2, 0.25) is 5.91 Å². The Kier molecular flexibility index (Phi) is 6.08. The minimum Gasteiger partial charge on any atom is -0.497 e. The Morgan fingerprint density at radius 2 is 2.00 bits per heavy atom. The number of nitrogens with zero attached hydrogens (tertiary/aromatic N) is 1. The fraction of sp³-hybridized carbons (Fsp3) is 0.385. The van der Waals surface area contributed by atoms with Crippen LogP contribution >= 0.6 is 12.2 Å². The van der Waals surface area contributed by atoms with Gasteiger partial charge in [0.1, 0.15) is 5.75 Å². The van der Waals surface area contributed by atoms with E-state index in [9.17, 15) is 4.79 Å². The number of thiocarbonyl (C=S) groups is 1. The van der Waals surface area contributed by atoms with Gasteiger partial charge < -0.3 is 20.3 Å². The zero-order chi connectivity index (χ0) is 14.3. The van der Waals surface area contributed by atoms with Gasteiger partial charge in [0, 0.05) is 19.3 Å². The molecule has 6 heteroatoms. The van der Waals surface area contributed by atoms with E-state index in [0.29, 0.717) is 11.7 Å². The van der Waals surface area contributed by atoms with Crippen molar-refractivity contribution in [2.45, 2.75) is 6.92 Å². The molecular formula is C13H19N3O2S. The Morgan fingerprint density at radius 1 is 1.37 bits per heavy atom. The molecule has 0 heterocycles. The van der Waals surface area contributed by atoms with E-state index in [0.717, 1.165) is 11.4 Å². The molecule has 0 atom stereocenters. The summed E-state index contributed by atoms with van der Waals surface area (Å²) in [4.78, 5) is 13.7. The molecule has 1 aromatic carbocycles. The number of hydrogen-bond donors (Lipinski definition) is 2. The van der Waals surface area contributed by atoms with Gasteiger partial charge >= 0.3 is 0 Å². The predicted molar refractivity (Wildman–Crippen MR) is 80.5 cm³/mol. The van der Waals surface area contributed by atoms with Crippen LogP contribution in [0.2, 0.25) is 0 Å². The summed E-state index contributed by atoms with van der Waals surface area (Å²) in [7, 11) is 3.35. The molecule has 0 bridgehead atoms. The topological polar surface area (TPSA) is 53.6 Å². The van der Waals surface area contributed by atoms with Gasteiger partial charge in [-0.1, -0.05) is 0 Å². The summed E-state index contributed by atoms with van der Waals surface area (Å²) in [5, 5.41) is 6.24. The van der Waals surface area contributed by atoms with Crippen LogP contribution in [0.3, 0.4) is 0 Å². The first-order valence-corrected chi connectivity index (χ1v) is 6.42. The highest BCUT2D eigenvalue weighted by atomic mass is 32.1. The number of carbonyl (C=O) groups excluding carboxylic acids is 1. The number of benzene rings is 1. The standard InChI is InChI=1S/C13H19N3O2S/c1-4-16(13(19)14-2)9-12(17)15-10-5-7-11(18-3)8-6-10/h5-8H,4,9H2,1-3H3,(H,14,19)(H,15,17). The van der Waals surface area contributed by atoms with Crippen molar-refractivity contribution >= 4 is 28.9 Å². The van der Waals surface area contributed by atoms with Crippen molar-refractivity contribution in [1.29, 1.82) is 0 Å². The Balaban J connectivity index is 2.56. The number of methoxy groups -OCH3 is 1. The number of ether oxygens (including phenoxy) is 1. The van der Waals surface area contributed by atoms with Gasteiger partial charge in [-0.2, -0.15) is 0 Å². The van der Waals surface area contributed by atoms with Crippen LogP contribution in [-0.4, -0.2) is 43.2 Å². The number of anilines is 1. The first-order chi connectivity index (χ1) is 9.10. The van der Waals surface area contributed by atoms with Crippen molar-refractivity contribution in [2.75, 3.05) is 32.6 Å². The summed E-state index contributed by atoms with van der Waals surface area (Å²) in [5.74, 6) is 0.647. The summed E-state index contributed by atoms with van der Waals surface area (Å²) in [6.45, 7) is 2.85. The van der Waals surface area contributed by atoms with Crippen molar-refractivity contribution in [3.63, 3.8) is 0 Å². The van der Waals surface area contributed by atoms with E-state index < -0.39 is 0 Å². The average molecular weight is 281 g/mol. The van der Waals surface area contributed by atoms with Crippen LogP contribution in [0, 0.1) is 0 Å². The van der Waals surface area contributed by atoms with Gasteiger partial charge in [-0.25, -0.2) is 0 Å². The predicted octanol–water partition coefficient (Wildman–Crippen LogP) is 1.46. The lowest BCUT2D eigenvalue weighted by molar-refractivity contribution is -0.116. The minimum atomic E-state index is -0.107. The van der Waals surface area contributed by atoms with E-state index in [4.69, 9.17) is 17.0 Å². The first kappa shape index (κ1) is 15.2. The maximum atomic E-state index is 11.9. The molecule has 0 saturated heterocycles. The molecule has 0 radical (unpaired) electrons. The SMILES string of the molecule is CCN(CC(=O)Nc1ccc(OC)cc1)C(=S)NC. The lowest BCUT2D eigenvalue weighted by atomic mass is 10.3. The fourth-order valence-electron chi connectivity index (χ4n) is 1.53. The molecule has 0 fully saturated rings. The minimum absolute atomic E-state index is 0.107. The second kappa shape index (κ2) is 7.58. The highest BCUT2D eigenvalue weighted by Crippen LogP contribution is 2.14. The Morgan fingerprint density at radius 3 is 2.47 bits per heavy atom. The van der Waals surface area contributed by atoms with Crippen LogP contribution in [-0.2, 0) is 4.79 Å². The third kappa shape index (κ3) is 4.75. The van der Waals surface area contributed by atoms with Crippen molar-refractivity contribution in [3.8, 4) is 5.75 Å². The van der Waals surface area contributed by atoms with Crippen molar-refractivity contribution in [1.82, 2.24) is 10.2 Å². The lowest BCUT2D eigenvalue weighted by Crippen LogP contribution is -2.42. The highest BCUT2D eigenvalue weighted by Gasteiger charge is 2.11. The summed E-state index contributed by atoms with van der Waals surface area (Å²) in [5.41, 5.74) is 0.734. The van der Waals surface area contributed by atoms with Gasteiger partial charge in [0.15, 0.2) is 5.11 Å². The molecule has 0 aliphatic carbocycles. The second-order valence-electron chi connectivity index (χ2n) is 3.85. The molecule has 0 unspecified atom stereocenters. The third-order valence-electron chi connectivity index (χ3n) is 2.59. The first-order valence-electron chi connectivity index (χ1n) is 6.01. The summed E-state index contributed by atoms with van der Waals surface area (Å²) >= 11 is 5.11. The Hall–Kier alpha value is -1.82. The van der Waals surface area contributed by atoms with Crippen LogP contribution in [0.5, 0.6) is 5.75 Å². The monoisotopic (exact) mass is 281 g/mol. The number of likely N-dealkylation sites (N-methyl/N-ethyl adjacent to an activating group) is 1. The molecule has 0 spiro atoms. The van der Waals surface area contributed by atoms with Gasteiger partial charge in [-0.05, 0) is 43.4 Å². The van der Waals surface area contributed by atoms with Gasteiger partial charge in [0.25, 0.3) is 0 Å². The van der Waals surface area contributed by atoms with Crippen molar-refractivity contribution < 1.29 is 9.53 Å². The van der Waals surface area contributed by atoms with Crippen LogP contribution in [0.25, 0.3) is 0 Å². The number of rotatable bonds is 5. The normalized spacial score (nSPS) is 9.63. The van der Waals surface area contributed by atoms with E-state index in [1.807, 2.05) is 6.92 Å². The Bertz CT molecular complexity index is 434. The zero-order valence-electron chi connectivity index (χ0n) is 11.4. The van der Waals surface area contributed by atoms with E-state index >= 15 is 0 Å². The average Bonchev–Trinajstić information content (AvgIpc) is 2.44. The number of amides is 1. The maximum absolute atomic E-state index is 11.9.